The SMILES string of the molecule is CNC(Cc1ccccc1F)c1sc(C)cc1C. The lowest BCUT2D eigenvalue weighted by atomic mass is 10.0. The maximum atomic E-state index is 13.7. The summed E-state index contributed by atoms with van der Waals surface area (Å²) in [5.41, 5.74) is 2.05. The van der Waals surface area contributed by atoms with E-state index in [2.05, 4.69) is 25.2 Å². The molecule has 2 rings (SSSR count). The van der Waals surface area contributed by atoms with Gasteiger partial charge in [-0.05, 0) is 50.6 Å². The molecule has 1 aromatic heterocycles. The van der Waals surface area contributed by atoms with E-state index < -0.39 is 0 Å². The van der Waals surface area contributed by atoms with Crippen LogP contribution in [0.2, 0.25) is 0 Å². The lowest BCUT2D eigenvalue weighted by Crippen LogP contribution is -2.19. The van der Waals surface area contributed by atoms with E-state index in [1.54, 1.807) is 17.4 Å². The van der Waals surface area contributed by atoms with E-state index in [-0.39, 0.29) is 11.9 Å². The van der Waals surface area contributed by atoms with Crippen molar-refractivity contribution in [2.75, 3.05) is 7.05 Å². The van der Waals surface area contributed by atoms with Crippen molar-refractivity contribution in [1.82, 2.24) is 5.32 Å². The number of likely N-dealkylation sites (N-methyl/N-ethyl adjacent to an activating group) is 1. The monoisotopic (exact) mass is 263 g/mol. The van der Waals surface area contributed by atoms with Crippen LogP contribution in [0.4, 0.5) is 4.39 Å². The highest BCUT2D eigenvalue weighted by molar-refractivity contribution is 7.12. The number of rotatable bonds is 4. The molecule has 0 spiro atoms. The minimum atomic E-state index is -0.122. The third-order valence-corrected chi connectivity index (χ3v) is 4.39. The average Bonchev–Trinajstić information content (AvgIpc) is 2.67. The van der Waals surface area contributed by atoms with Crippen LogP contribution in [0, 0.1) is 19.7 Å². The van der Waals surface area contributed by atoms with Gasteiger partial charge in [0.1, 0.15) is 5.82 Å². The number of aryl methyl sites for hydroxylation is 2. The van der Waals surface area contributed by atoms with Gasteiger partial charge in [0.15, 0.2) is 0 Å². The van der Waals surface area contributed by atoms with Crippen LogP contribution in [0.25, 0.3) is 0 Å². The zero-order valence-corrected chi connectivity index (χ0v) is 11.8. The Hall–Kier alpha value is -1.19. The number of hydrogen-bond donors (Lipinski definition) is 1. The van der Waals surface area contributed by atoms with Crippen LogP contribution in [0.1, 0.15) is 26.9 Å². The van der Waals surface area contributed by atoms with Gasteiger partial charge in [-0.2, -0.15) is 0 Å². The Morgan fingerprint density at radius 2 is 2.00 bits per heavy atom. The maximum absolute atomic E-state index is 13.7. The molecule has 0 saturated carbocycles. The molecule has 0 bridgehead atoms. The van der Waals surface area contributed by atoms with E-state index >= 15 is 0 Å². The Bertz CT molecular complexity index is 533. The van der Waals surface area contributed by atoms with Crippen LogP contribution in [0.5, 0.6) is 0 Å². The number of nitrogens with one attached hydrogen (secondary N) is 1. The molecule has 0 fully saturated rings. The number of benzene rings is 1. The fraction of sp³-hybridized carbons (Fsp3) is 0.333. The van der Waals surface area contributed by atoms with Crippen molar-refractivity contribution in [2.45, 2.75) is 26.3 Å². The molecule has 3 heteroatoms. The zero-order valence-electron chi connectivity index (χ0n) is 11.0. The molecule has 0 aliphatic rings. The third kappa shape index (κ3) is 2.79. The summed E-state index contributed by atoms with van der Waals surface area (Å²) < 4.78 is 13.7. The molecule has 96 valence electrons. The molecule has 18 heavy (non-hydrogen) atoms. The molecular formula is C15H18FNS. The maximum Gasteiger partial charge on any atom is 0.126 e. The van der Waals surface area contributed by atoms with Gasteiger partial charge in [-0.15, -0.1) is 11.3 Å². The van der Waals surface area contributed by atoms with Crippen LogP contribution < -0.4 is 5.32 Å². The molecule has 1 nitrogen and oxygen atoms in total. The van der Waals surface area contributed by atoms with Crippen molar-refractivity contribution >= 4 is 11.3 Å². The second-order valence-electron chi connectivity index (χ2n) is 4.54. The molecule has 0 aliphatic carbocycles. The van der Waals surface area contributed by atoms with Crippen molar-refractivity contribution in [3.8, 4) is 0 Å². The summed E-state index contributed by atoms with van der Waals surface area (Å²) in [5, 5.41) is 3.29. The number of hydrogen-bond acceptors (Lipinski definition) is 2. The minimum Gasteiger partial charge on any atom is -0.312 e. The van der Waals surface area contributed by atoms with Gasteiger partial charge >= 0.3 is 0 Å². The first-order valence-electron chi connectivity index (χ1n) is 6.09. The van der Waals surface area contributed by atoms with Crippen molar-refractivity contribution in [3.63, 3.8) is 0 Å². The molecule has 1 N–H and O–H groups in total. The highest BCUT2D eigenvalue weighted by Crippen LogP contribution is 2.29. The van der Waals surface area contributed by atoms with E-state index in [4.69, 9.17) is 0 Å². The van der Waals surface area contributed by atoms with E-state index in [1.807, 2.05) is 19.2 Å². The summed E-state index contributed by atoms with van der Waals surface area (Å²) in [7, 11) is 1.93. The zero-order chi connectivity index (χ0) is 13.1. The van der Waals surface area contributed by atoms with Crippen LogP contribution in [-0.2, 0) is 6.42 Å². The van der Waals surface area contributed by atoms with Gasteiger partial charge in [0, 0.05) is 15.8 Å². The Morgan fingerprint density at radius 3 is 2.56 bits per heavy atom. The molecule has 1 aromatic carbocycles. The molecule has 1 unspecified atom stereocenters. The molecule has 0 aliphatic heterocycles. The van der Waals surface area contributed by atoms with Crippen molar-refractivity contribution in [2.24, 2.45) is 0 Å². The Kier molecular flexibility index (Phi) is 4.15. The third-order valence-electron chi connectivity index (χ3n) is 3.13. The van der Waals surface area contributed by atoms with Crippen molar-refractivity contribution < 1.29 is 4.39 Å². The van der Waals surface area contributed by atoms with Gasteiger partial charge in [-0.3, -0.25) is 0 Å². The Morgan fingerprint density at radius 1 is 1.28 bits per heavy atom. The average molecular weight is 263 g/mol. The second kappa shape index (κ2) is 5.63. The van der Waals surface area contributed by atoms with Crippen molar-refractivity contribution in [3.05, 3.63) is 57.0 Å². The van der Waals surface area contributed by atoms with E-state index in [1.165, 1.54) is 21.4 Å². The quantitative estimate of drug-likeness (QED) is 0.879. The molecule has 0 saturated heterocycles. The van der Waals surface area contributed by atoms with E-state index in [9.17, 15) is 4.39 Å². The predicted molar refractivity (Wildman–Crippen MR) is 75.7 cm³/mol. The van der Waals surface area contributed by atoms with Crippen molar-refractivity contribution in [1.29, 1.82) is 0 Å². The number of halogens is 1. The molecule has 0 radical (unpaired) electrons. The summed E-state index contributed by atoms with van der Waals surface area (Å²) in [6.07, 6.45) is 0.684. The normalized spacial score (nSPS) is 12.7. The van der Waals surface area contributed by atoms with Gasteiger partial charge in [0.2, 0.25) is 0 Å². The highest BCUT2D eigenvalue weighted by Gasteiger charge is 2.16. The molecule has 1 heterocycles. The van der Waals surface area contributed by atoms with Gasteiger partial charge in [0.05, 0.1) is 0 Å². The van der Waals surface area contributed by atoms with Crippen LogP contribution in [0.3, 0.4) is 0 Å². The molecule has 1 atom stereocenters. The molecular weight excluding hydrogens is 245 g/mol. The predicted octanol–water partition coefficient (Wildman–Crippen LogP) is 4.01. The summed E-state index contributed by atoms with van der Waals surface area (Å²) in [6.45, 7) is 4.22. The first-order valence-corrected chi connectivity index (χ1v) is 6.91. The Labute approximate surface area is 112 Å². The minimum absolute atomic E-state index is 0.122. The van der Waals surface area contributed by atoms with E-state index in [0.717, 1.165) is 5.56 Å². The van der Waals surface area contributed by atoms with Gasteiger partial charge in [-0.25, -0.2) is 4.39 Å². The lowest BCUT2D eigenvalue weighted by molar-refractivity contribution is 0.558. The first-order chi connectivity index (χ1) is 8.61. The molecule has 0 amide bonds. The van der Waals surface area contributed by atoms with Crippen LogP contribution in [-0.4, -0.2) is 7.05 Å². The summed E-state index contributed by atoms with van der Waals surface area (Å²) in [6, 6.07) is 9.36. The highest BCUT2D eigenvalue weighted by atomic mass is 32.1. The Balaban J connectivity index is 2.25. The summed E-state index contributed by atoms with van der Waals surface area (Å²) >= 11 is 1.79. The largest absolute Gasteiger partial charge is 0.312 e. The smallest absolute Gasteiger partial charge is 0.126 e. The second-order valence-corrected chi connectivity index (χ2v) is 5.83. The fourth-order valence-corrected chi connectivity index (χ4v) is 3.36. The summed E-state index contributed by atoms with van der Waals surface area (Å²) in [5.74, 6) is -0.122. The number of thiophene rings is 1. The van der Waals surface area contributed by atoms with Crippen LogP contribution >= 0.6 is 11.3 Å². The topological polar surface area (TPSA) is 12.0 Å². The van der Waals surface area contributed by atoms with Gasteiger partial charge < -0.3 is 5.32 Å². The van der Waals surface area contributed by atoms with Gasteiger partial charge in [0.25, 0.3) is 0 Å². The lowest BCUT2D eigenvalue weighted by Gasteiger charge is -2.16. The van der Waals surface area contributed by atoms with E-state index in [0.29, 0.717) is 6.42 Å². The molecule has 2 aromatic rings. The van der Waals surface area contributed by atoms with Crippen LogP contribution in [0.15, 0.2) is 30.3 Å². The standard InChI is InChI=1S/C15H18FNS/c1-10-8-11(2)18-15(10)14(17-3)9-12-6-4-5-7-13(12)16/h4-8,14,17H,9H2,1-3H3. The summed E-state index contributed by atoms with van der Waals surface area (Å²) in [4.78, 5) is 2.61. The van der Waals surface area contributed by atoms with Gasteiger partial charge in [-0.1, -0.05) is 18.2 Å². The first kappa shape index (κ1) is 13.2. The fourth-order valence-electron chi connectivity index (χ4n) is 2.22.